The monoisotopic (exact) mass is 543 g/mol. The number of hydrogen-bond donors (Lipinski definition) is 0. The van der Waals surface area contributed by atoms with Crippen LogP contribution >= 0.6 is 0 Å². The maximum atomic E-state index is 2.27. The highest BCUT2D eigenvalue weighted by Gasteiger charge is 2.24. The first-order valence-electron chi connectivity index (χ1n) is 7.49. The number of aromatic nitrogens is 3. The molecule has 2 heterocycles. The fraction of sp³-hybridized carbons (Fsp3) is 0.158. The molecule has 4 rings (SSSR count). The third-order valence-electron chi connectivity index (χ3n) is 4.52. The summed E-state index contributed by atoms with van der Waals surface area (Å²) in [6, 6.07) is 19.3. The second-order valence-electron chi connectivity index (χ2n) is 5.79. The molecule has 0 unspecified atom stereocenters. The van der Waals surface area contributed by atoms with Crippen LogP contribution in [0.25, 0.3) is 33.3 Å². The smallest absolute Gasteiger partial charge is 0.290 e. The third kappa shape index (κ3) is 2.81. The van der Waals surface area contributed by atoms with Crippen molar-refractivity contribution in [2.24, 2.45) is 21.1 Å². The van der Waals surface area contributed by atoms with Crippen LogP contribution < -0.4 is 57.1 Å². The lowest BCUT2D eigenvalue weighted by Crippen LogP contribution is -3.00. The molecule has 0 N–H and O–H groups in total. The van der Waals surface area contributed by atoms with Crippen molar-refractivity contribution in [3.8, 4) is 11.4 Å². The van der Waals surface area contributed by atoms with Crippen molar-refractivity contribution < 1.29 is 57.1 Å². The molecular weight excluding hydrogens is 524 g/mol. The zero-order chi connectivity index (χ0) is 15.3. The van der Waals surface area contributed by atoms with Gasteiger partial charge in [0, 0.05) is 12.1 Å². The molecule has 0 saturated carbocycles. The summed E-state index contributed by atoms with van der Waals surface area (Å²) in [4.78, 5) is 0. The lowest BCUT2D eigenvalue weighted by atomic mass is 10.1. The number of para-hydroxylation sites is 3. The summed E-state index contributed by atoms with van der Waals surface area (Å²) < 4.78 is 6.72. The average Bonchev–Trinajstić information content (AvgIpc) is 2.81. The molecule has 0 aliphatic heterocycles. The molecule has 0 atom stereocenters. The van der Waals surface area contributed by atoms with Crippen LogP contribution in [-0.2, 0) is 21.1 Å². The van der Waals surface area contributed by atoms with E-state index in [4.69, 9.17) is 0 Å². The van der Waals surface area contributed by atoms with E-state index in [0.29, 0.717) is 0 Å². The Kier molecular flexibility index (Phi) is 5.85. The second kappa shape index (κ2) is 7.35. The first kappa shape index (κ1) is 19.1. The van der Waals surface area contributed by atoms with Crippen molar-refractivity contribution in [2.45, 2.75) is 0 Å². The van der Waals surface area contributed by atoms with E-state index in [0.717, 1.165) is 0 Å². The molecule has 0 radical (unpaired) electrons. The Morgan fingerprint density at radius 1 is 0.792 bits per heavy atom. The Hall–Kier alpha value is -1.22. The molecule has 124 valence electrons. The summed E-state index contributed by atoms with van der Waals surface area (Å²) in [6.07, 6.45) is 2.13. The Labute approximate surface area is 176 Å². The van der Waals surface area contributed by atoms with Gasteiger partial charge in [-0.1, -0.05) is 24.3 Å². The lowest BCUT2D eigenvalue weighted by molar-refractivity contribution is -0.645. The molecule has 0 spiro atoms. The van der Waals surface area contributed by atoms with Gasteiger partial charge >= 0.3 is 0 Å². The summed E-state index contributed by atoms with van der Waals surface area (Å²) in [5.74, 6) is 1.22. The van der Waals surface area contributed by atoms with Crippen LogP contribution in [0.15, 0.2) is 60.8 Å². The van der Waals surface area contributed by atoms with Crippen molar-refractivity contribution in [1.82, 2.24) is 4.57 Å². The molecule has 24 heavy (non-hydrogen) atoms. The molecule has 0 fully saturated rings. The van der Waals surface area contributed by atoms with Crippen molar-refractivity contribution in [3.05, 3.63) is 60.8 Å². The van der Waals surface area contributed by atoms with E-state index in [9.17, 15) is 0 Å². The number of rotatable bonds is 1. The molecule has 0 amide bonds. The first-order chi connectivity index (χ1) is 10.7. The zero-order valence-corrected chi connectivity index (χ0v) is 18.2. The number of nitrogens with zero attached hydrogens (tertiary/aromatic N) is 3. The largest absolute Gasteiger partial charge is 1.00 e. The molecular formula is C19H19I2N3. The van der Waals surface area contributed by atoms with Crippen LogP contribution in [0.3, 0.4) is 0 Å². The van der Waals surface area contributed by atoms with E-state index < -0.39 is 0 Å². The molecule has 0 bridgehead atoms. The number of hydrogen-bond acceptors (Lipinski definition) is 0. The van der Waals surface area contributed by atoms with E-state index in [2.05, 4.69) is 95.6 Å². The Balaban J connectivity index is 0.00000104. The summed E-state index contributed by atoms with van der Waals surface area (Å²) in [5, 5.41) is 1.27. The van der Waals surface area contributed by atoms with Gasteiger partial charge in [-0.25, -0.2) is 13.7 Å². The van der Waals surface area contributed by atoms with Crippen molar-refractivity contribution >= 4 is 21.9 Å². The van der Waals surface area contributed by atoms with Crippen LogP contribution in [-0.4, -0.2) is 4.57 Å². The SMILES string of the molecule is Cn1c(-c2cc[n+](C)c3ccccc23)[n+](C)c2ccccc21.[I-].[I-]. The highest BCUT2D eigenvalue weighted by atomic mass is 127. The lowest BCUT2D eigenvalue weighted by Gasteiger charge is -2.03. The summed E-state index contributed by atoms with van der Waals surface area (Å²) >= 11 is 0. The Morgan fingerprint density at radius 3 is 2.12 bits per heavy atom. The fourth-order valence-corrected chi connectivity index (χ4v) is 3.41. The standard InChI is InChI=1S/C19H19N3.2HI/c1-20-13-12-15(14-8-4-5-9-16(14)20)19-21(2)17-10-6-7-11-18(17)22(19)3;;/h4-13H,1-3H3;2*1H/q+2;;/p-2. The number of fused-ring (bicyclic) bond motifs is 2. The van der Waals surface area contributed by atoms with Crippen LogP contribution in [0.4, 0.5) is 0 Å². The van der Waals surface area contributed by atoms with E-state index in [1.165, 1.54) is 33.3 Å². The topological polar surface area (TPSA) is 12.7 Å². The van der Waals surface area contributed by atoms with Crippen molar-refractivity contribution in [1.29, 1.82) is 0 Å². The molecule has 3 nitrogen and oxygen atoms in total. The predicted octanol–water partition coefficient (Wildman–Crippen LogP) is -3.34. The number of halogens is 2. The Morgan fingerprint density at radius 2 is 1.42 bits per heavy atom. The normalized spacial score (nSPS) is 10.5. The molecule has 5 heteroatoms. The zero-order valence-electron chi connectivity index (χ0n) is 13.9. The minimum Gasteiger partial charge on any atom is -1.00 e. The van der Waals surface area contributed by atoms with Gasteiger partial charge in [0.1, 0.15) is 7.05 Å². The van der Waals surface area contributed by atoms with Gasteiger partial charge in [-0.2, -0.15) is 0 Å². The Bertz CT molecular complexity index is 983. The van der Waals surface area contributed by atoms with E-state index in [1.54, 1.807) is 0 Å². The van der Waals surface area contributed by atoms with Gasteiger partial charge in [0.05, 0.1) is 25.0 Å². The van der Waals surface area contributed by atoms with Crippen molar-refractivity contribution in [3.63, 3.8) is 0 Å². The minimum atomic E-state index is 0. The van der Waals surface area contributed by atoms with Crippen LogP contribution in [0.5, 0.6) is 0 Å². The van der Waals surface area contributed by atoms with Crippen LogP contribution in [0.2, 0.25) is 0 Å². The molecule has 0 aliphatic rings. The van der Waals surface area contributed by atoms with Gasteiger partial charge in [0.25, 0.3) is 5.82 Å². The van der Waals surface area contributed by atoms with Crippen LogP contribution in [0.1, 0.15) is 0 Å². The maximum absolute atomic E-state index is 2.27. The van der Waals surface area contributed by atoms with Gasteiger partial charge in [0.15, 0.2) is 17.2 Å². The second-order valence-corrected chi connectivity index (χ2v) is 5.79. The number of benzene rings is 2. The molecule has 2 aromatic heterocycles. The van der Waals surface area contributed by atoms with Gasteiger partial charge in [-0.3, -0.25) is 0 Å². The van der Waals surface area contributed by atoms with Gasteiger partial charge in [-0.05, 0) is 18.2 Å². The minimum absolute atomic E-state index is 0. The van der Waals surface area contributed by atoms with E-state index in [1.807, 2.05) is 0 Å². The molecule has 4 aromatic rings. The van der Waals surface area contributed by atoms with Crippen LogP contribution in [0, 0.1) is 0 Å². The number of imidazole rings is 1. The van der Waals surface area contributed by atoms with Gasteiger partial charge in [0.2, 0.25) is 5.52 Å². The first-order valence-corrected chi connectivity index (χ1v) is 7.49. The average molecular weight is 543 g/mol. The summed E-state index contributed by atoms with van der Waals surface area (Å²) in [6.45, 7) is 0. The van der Waals surface area contributed by atoms with E-state index >= 15 is 0 Å². The van der Waals surface area contributed by atoms with Crippen molar-refractivity contribution in [2.75, 3.05) is 0 Å². The van der Waals surface area contributed by atoms with E-state index in [-0.39, 0.29) is 48.0 Å². The predicted molar refractivity (Wildman–Crippen MR) is 88.2 cm³/mol. The summed E-state index contributed by atoms with van der Waals surface area (Å²) in [5.41, 5.74) is 5.00. The number of aryl methyl sites for hydroxylation is 3. The maximum Gasteiger partial charge on any atom is 0.290 e. The van der Waals surface area contributed by atoms with Gasteiger partial charge in [-0.15, -0.1) is 0 Å². The highest BCUT2D eigenvalue weighted by molar-refractivity contribution is 5.91. The van der Waals surface area contributed by atoms with Gasteiger partial charge < -0.3 is 48.0 Å². The molecule has 2 aromatic carbocycles. The molecule has 0 saturated heterocycles. The quantitative estimate of drug-likeness (QED) is 0.176. The third-order valence-corrected chi connectivity index (χ3v) is 4.52. The fourth-order valence-electron chi connectivity index (χ4n) is 3.41. The highest BCUT2D eigenvalue weighted by Crippen LogP contribution is 2.27. The number of pyridine rings is 1. The molecule has 0 aliphatic carbocycles. The summed E-state index contributed by atoms with van der Waals surface area (Å²) in [7, 11) is 6.37.